The van der Waals surface area contributed by atoms with Gasteiger partial charge in [0, 0.05) is 19.4 Å². The van der Waals surface area contributed by atoms with E-state index < -0.39 is 9.84 Å². The Morgan fingerprint density at radius 1 is 1.25 bits per heavy atom. The molecule has 0 radical (unpaired) electrons. The van der Waals surface area contributed by atoms with Gasteiger partial charge in [0.15, 0.2) is 9.84 Å². The van der Waals surface area contributed by atoms with Crippen LogP contribution in [0.25, 0.3) is 0 Å². The van der Waals surface area contributed by atoms with Crippen molar-refractivity contribution in [3.8, 4) is 0 Å². The fraction of sp³-hybridized carbons (Fsp3) is 1.00. The molecule has 1 spiro atoms. The van der Waals surface area contributed by atoms with Gasteiger partial charge in [0.1, 0.15) is 5.72 Å². The molecule has 70 valence electrons. The fourth-order valence-corrected chi connectivity index (χ4v) is 3.25. The van der Waals surface area contributed by atoms with Gasteiger partial charge in [-0.1, -0.05) is 0 Å². The molecule has 0 bridgehead atoms. The smallest absolute Gasteiger partial charge is 0.150 e. The van der Waals surface area contributed by atoms with Crippen molar-refractivity contribution in [1.82, 2.24) is 5.32 Å². The summed E-state index contributed by atoms with van der Waals surface area (Å²) in [6, 6.07) is 0. The summed E-state index contributed by atoms with van der Waals surface area (Å²) < 4.78 is 27.7. The number of nitrogens with one attached hydrogen (secondary N) is 1. The maximum absolute atomic E-state index is 11.1. The quantitative estimate of drug-likeness (QED) is 0.561. The van der Waals surface area contributed by atoms with Crippen LogP contribution in [0.15, 0.2) is 0 Å². The first-order valence-electron chi connectivity index (χ1n) is 4.21. The minimum atomic E-state index is -2.77. The van der Waals surface area contributed by atoms with Crippen LogP contribution >= 0.6 is 0 Å². The lowest BCUT2D eigenvalue weighted by molar-refractivity contribution is -0.0175. The molecule has 0 aliphatic carbocycles. The van der Waals surface area contributed by atoms with Crippen LogP contribution in [0.1, 0.15) is 12.8 Å². The highest BCUT2D eigenvalue weighted by atomic mass is 32.2. The number of rotatable bonds is 0. The van der Waals surface area contributed by atoms with Gasteiger partial charge >= 0.3 is 0 Å². The number of hydrogen-bond donors (Lipinski definition) is 1. The van der Waals surface area contributed by atoms with E-state index in [9.17, 15) is 8.42 Å². The van der Waals surface area contributed by atoms with Gasteiger partial charge in [0.05, 0.1) is 18.1 Å². The number of sulfone groups is 1. The average Bonchev–Trinajstić information content (AvgIpc) is 2.46. The first-order chi connectivity index (χ1) is 5.62. The molecule has 5 heteroatoms. The van der Waals surface area contributed by atoms with Crippen molar-refractivity contribution >= 4 is 9.84 Å². The Morgan fingerprint density at radius 2 is 1.92 bits per heavy atom. The van der Waals surface area contributed by atoms with Crippen LogP contribution in [0.4, 0.5) is 0 Å². The van der Waals surface area contributed by atoms with Crippen molar-refractivity contribution in [3.63, 3.8) is 0 Å². The molecule has 4 nitrogen and oxygen atoms in total. The standard InChI is InChI=1S/C7H13NO3S/c9-12(10)5-1-7(2-6-12)8-3-4-11-7/h8H,1-6H2. The van der Waals surface area contributed by atoms with Gasteiger partial charge in [-0.15, -0.1) is 0 Å². The molecule has 12 heavy (non-hydrogen) atoms. The first-order valence-corrected chi connectivity index (χ1v) is 6.04. The summed E-state index contributed by atoms with van der Waals surface area (Å²) in [5, 5.41) is 3.22. The van der Waals surface area contributed by atoms with Gasteiger partial charge in [-0.3, -0.25) is 5.32 Å². The molecule has 2 aliphatic heterocycles. The van der Waals surface area contributed by atoms with Crippen LogP contribution in [-0.4, -0.2) is 38.8 Å². The molecule has 0 aromatic heterocycles. The molecule has 2 aliphatic rings. The lowest BCUT2D eigenvalue weighted by atomic mass is 10.1. The van der Waals surface area contributed by atoms with E-state index in [1.807, 2.05) is 0 Å². The summed E-state index contributed by atoms with van der Waals surface area (Å²) in [6.45, 7) is 1.56. The fourth-order valence-electron chi connectivity index (χ4n) is 1.77. The highest BCUT2D eigenvalue weighted by Crippen LogP contribution is 2.27. The monoisotopic (exact) mass is 191 g/mol. The van der Waals surface area contributed by atoms with Crippen molar-refractivity contribution < 1.29 is 13.2 Å². The SMILES string of the molecule is O=S1(=O)CCC2(CC1)NCCO2. The summed E-state index contributed by atoms with van der Waals surface area (Å²) in [6.07, 6.45) is 1.21. The maximum atomic E-state index is 11.1. The third-order valence-corrected chi connectivity index (χ3v) is 4.21. The van der Waals surface area contributed by atoms with Crippen molar-refractivity contribution in [2.45, 2.75) is 18.6 Å². The van der Waals surface area contributed by atoms with E-state index >= 15 is 0 Å². The maximum Gasteiger partial charge on any atom is 0.150 e. The minimum Gasteiger partial charge on any atom is -0.359 e. The highest BCUT2D eigenvalue weighted by Gasteiger charge is 2.40. The second-order valence-electron chi connectivity index (χ2n) is 3.42. The largest absolute Gasteiger partial charge is 0.359 e. The highest BCUT2D eigenvalue weighted by molar-refractivity contribution is 7.91. The van der Waals surface area contributed by atoms with E-state index in [1.54, 1.807) is 0 Å². The Kier molecular flexibility index (Phi) is 1.89. The summed E-state index contributed by atoms with van der Waals surface area (Å²) in [5.41, 5.74) is -0.300. The Bertz CT molecular complexity index is 250. The third-order valence-electron chi connectivity index (χ3n) is 2.56. The van der Waals surface area contributed by atoms with E-state index in [0.717, 1.165) is 6.54 Å². The summed E-state index contributed by atoms with van der Waals surface area (Å²) in [7, 11) is -2.77. The predicted molar refractivity (Wildman–Crippen MR) is 44.6 cm³/mol. The van der Waals surface area contributed by atoms with Crippen LogP contribution in [0.5, 0.6) is 0 Å². The summed E-state index contributed by atoms with van der Waals surface area (Å²) >= 11 is 0. The Hall–Kier alpha value is -0.130. The minimum absolute atomic E-state index is 0.264. The van der Waals surface area contributed by atoms with E-state index in [4.69, 9.17) is 4.74 Å². The van der Waals surface area contributed by atoms with Crippen LogP contribution in [0, 0.1) is 0 Å². The zero-order chi connectivity index (χ0) is 8.66. The van der Waals surface area contributed by atoms with E-state index in [0.29, 0.717) is 19.4 Å². The lowest BCUT2D eigenvalue weighted by Gasteiger charge is -2.32. The summed E-state index contributed by atoms with van der Waals surface area (Å²) in [5.74, 6) is 0.528. The molecular weight excluding hydrogens is 178 g/mol. The lowest BCUT2D eigenvalue weighted by Crippen LogP contribution is -2.47. The zero-order valence-corrected chi connectivity index (χ0v) is 7.69. The van der Waals surface area contributed by atoms with Crippen molar-refractivity contribution in [2.24, 2.45) is 0 Å². The van der Waals surface area contributed by atoms with Crippen LogP contribution in [0.2, 0.25) is 0 Å². The molecule has 2 rings (SSSR count). The third kappa shape index (κ3) is 1.48. The molecule has 0 unspecified atom stereocenters. The molecule has 0 atom stereocenters. The molecule has 2 fully saturated rings. The van der Waals surface area contributed by atoms with E-state index in [-0.39, 0.29) is 17.2 Å². The molecule has 2 saturated heterocycles. The van der Waals surface area contributed by atoms with Gasteiger partial charge < -0.3 is 4.74 Å². The van der Waals surface area contributed by atoms with E-state index in [2.05, 4.69) is 5.32 Å². The predicted octanol–water partition coefficient (Wildman–Crippen LogP) is -0.489. The van der Waals surface area contributed by atoms with Gasteiger partial charge in [0.25, 0.3) is 0 Å². The molecule has 0 aromatic rings. The number of hydrogen-bond acceptors (Lipinski definition) is 4. The van der Waals surface area contributed by atoms with Gasteiger partial charge in [-0.05, 0) is 0 Å². The van der Waals surface area contributed by atoms with Crippen LogP contribution in [0.3, 0.4) is 0 Å². The van der Waals surface area contributed by atoms with E-state index in [1.165, 1.54) is 0 Å². The second-order valence-corrected chi connectivity index (χ2v) is 5.72. The Labute approximate surface area is 72.2 Å². The molecule has 0 saturated carbocycles. The zero-order valence-electron chi connectivity index (χ0n) is 6.88. The van der Waals surface area contributed by atoms with Crippen LogP contribution < -0.4 is 5.32 Å². The molecule has 0 aromatic carbocycles. The van der Waals surface area contributed by atoms with Crippen molar-refractivity contribution in [1.29, 1.82) is 0 Å². The Morgan fingerprint density at radius 3 is 2.42 bits per heavy atom. The van der Waals surface area contributed by atoms with Crippen molar-refractivity contribution in [3.05, 3.63) is 0 Å². The molecule has 0 amide bonds. The summed E-state index contributed by atoms with van der Waals surface area (Å²) in [4.78, 5) is 0. The van der Waals surface area contributed by atoms with Crippen molar-refractivity contribution in [2.75, 3.05) is 24.7 Å². The normalized spacial score (nSPS) is 32.3. The number of ether oxygens (including phenoxy) is 1. The van der Waals surface area contributed by atoms with Crippen LogP contribution in [-0.2, 0) is 14.6 Å². The van der Waals surface area contributed by atoms with Gasteiger partial charge in [0.2, 0.25) is 0 Å². The topological polar surface area (TPSA) is 55.4 Å². The molecule has 2 heterocycles. The molecular formula is C7H13NO3S. The second kappa shape index (κ2) is 2.68. The first kappa shape index (κ1) is 8.47. The van der Waals surface area contributed by atoms with Gasteiger partial charge in [-0.25, -0.2) is 8.42 Å². The van der Waals surface area contributed by atoms with Gasteiger partial charge in [-0.2, -0.15) is 0 Å². The molecule has 1 N–H and O–H groups in total. The average molecular weight is 191 g/mol. The Balaban J connectivity index is 2.06.